The van der Waals surface area contributed by atoms with Gasteiger partial charge in [0.05, 0.1) is 19.8 Å². The Morgan fingerprint density at radius 2 is 2.17 bits per heavy atom. The molecular formula is C19H18FNO3. The number of benzene rings is 2. The first kappa shape index (κ1) is 16.1. The van der Waals surface area contributed by atoms with E-state index in [1.54, 1.807) is 12.1 Å². The summed E-state index contributed by atoms with van der Waals surface area (Å²) in [4.78, 5) is 12.1. The highest BCUT2D eigenvalue weighted by molar-refractivity contribution is 5.92. The van der Waals surface area contributed by atoms with Gasteiger partial charge in [0.15, 0.2) is 11.6 Å². The SMILES string of the molecule is COc1ccc(/C=C/C(=O)NC2CCOc3ccccc32)cc1F. The first-order chi connectivity index (χ1) is 11.7. The molecule has 1 aliphatic heterocycles. The van der Waals surface area contributed by atoms with Crippen LogP contribution in [0.3, 0.4) is 0 Å². The van der Waals surface area contributed by atoms with Crippen LogP contribution < -0.4 is 14.8 Å². The monoisotopic (exact) mass is 327 g/mol. The molecule has 2 aromatic rings. The summed E-state index contributed by atoms with van der Waals surface area (Å²) >= 11 is 0. The van der Waals surface area contributed by atoms with Crippen LogP contribution in [0.2, 0.25) is 0 Å². The lowest BCUT2D eigenvalue weighted by atomic mass is 10.0. The van der Waals surface area contributed by atoms with E-state index in [0.29, 0.717) is 18.6 Å². The lowest BCUT2D eigenvalue weighted by Gasteiger charge is -2.26. The van der Waals surface area contributed by atoms with Gasteiger partial charge < -0.3 is 14.8 Å². The van der Waals surface area contributed by atoms with Gasteiger partial charge in [0.2, 0.25) is 5.91 Å². The Morgan fingerprint density at radius 1 is 1.33 bits per heavy atom. The van der Waals surface area contributed by atoms with Gasteiger partial charge in [-0.2, -0.15) is 0 Å². The van der Waals surface area contributed by atoms with E-state index in [2.05, 4.69) is 5.32 Å². The molecule has 1 unspecified atom stereocenters. The molecule has 0 fully saturated rings. The van der Waals surface area contributed by atoms with Crippen molar-refractivity contribution in [3.05, 3.63) is 65.5 Å². The zero-order valence-electron chi connectivity index (χ0n) is 13.3. The van der Waals surface area contributed by atoms with E-state index in [9.17, 15) is 9.18 Å². The molecule has 0 aromatic heterocycles. The Kier molecular flexibility index (Phi) is 4.79. The van der Waals surface area contributed by atoms with Crippen LogP contribution in [-0.4, -0.2) is 19.6 Å². The Morgan fingerprint density at radius 3 is 2.96 bits per heavy atom. The highest BCUT2D eigenvalue weighted by Gasteiger charge is 2.21. The van der Waals surface area contributed by atoms with Crippen LogP contribution in [0.25, 0.3) is 6.08 Å². The van der Waals surface area contributed by atoms with Gasteiger partial charge >= 0.3 is 0 Å². The van der Waals surface area contributed by atoms with Crippen molar-refractivity contribution in [2.24, 2.45) is 0 Å². The highest BCUT2D eigenvalue weighted by Crippen LogP contribution is 2.31. The second-order valence-corrected chi connectivity index (χ2v) is 5.46. The summed E-state index contributed by atoms with van der Waals surface area (Å²) in [5.41, 5.74) is 1.57. The number of methoxy groups -OCH3 is 1. The number of fused-ring (bicyclic) bond motifs is 1. The van der Waals surface area contributed by atoms with Gasteiger partial charge in [-0.05, 0) is 29.8 Å². The first-order valence-electron chi connectivity index (χ1n) is 7.71. The average Bonchev–Trinajstić information content (AvgIpc) is 2.60. The van der Waals surface area contributed by atoms with Crippen molar-refractivity contribution in [2.75, 3.05) is 13.7 Å². The minimum atomic E-state index is -0.460. The number of hydrogen-bond acceptors (Lipinski definition) is 3. The number of carbonyl (C=O) groups is 1. The highest BCUT2D eigenvalue weighted by atomic mass is 19.1. The van der Waals surface area contributed by atoms with Crippen molar-refractivity contribution in [3.8, 4) is 11.5 Å². The minimum absolute atomic E-state index is 0.0836. The molecule has 124 valence electrons. The number of amides is 1. The van der Waals surface area contributed by atoms with Crippen molar-refractivity contribution in [1.29, 1.82) is 0 Å². The number of para-hydroxylation sites is 1. The molecule has 1 heterocycles. The number of hydrogen-bond donors (Lipinski definition) is 1. The van der Waals surface area contributed by atoms with Crippen LogP contribution >= 0.6 is 0 Å². The molecule has 1 N–H and O–H groups in total. The summed E-state index contributed by atoms with van der Waals surface area (Å²) in [6, 6.07) is 12.1. The summed E-state index contributed by atoms with van der Waals surface area (Å²) in [7, 11) is 1.41. The fraction of sp³-hybridized carbons (Fsp3) is 0.211. The summed E-state index contributed by atoms with van der Waals surface area (Å²) in [6.45, 7) is 0.565. The fourth-order valence-corrected chi connectivity index (χ4v) is 2.67. The van der Waals surface area contributed by atoms with Gasteiger partial charge in [0.1, 0.15) is 5.75 Å². The molecule has 24 heavy (non-hydrogen) atoms. The van der Waals surface area contributed by atoms with Gasteiger partial charge in [0, 0.05) is 18.1 Å². The zero-order valence-corrected chi connectivity index (χ0v) is 13.3. The Balaban J connectivity index is 1.67. The van der Waals surface area contributed by atoms with Crippen LogP contribution in [0, 0.1) is 5.82 Å². The number of carbonyl (C=O) groups excluding carboxylic acids is 1. The van der Waals surface area contributed by atoms with Gasteiger partial charge in [-0.3, -0.25) is 4.79 Å². The largest absolute Gasteiger partial charge is 0.494 e. The van der Waals surface area contributed by atoms with E-state index in [0.717, 1.165) is 11.3 Å². The van der Waals surface area contributed by atoms with E-state index in [1.807, 2.05) is 24.3 Å². The van der Waals surface area contributed by atoms with Crippen LogP contribution in [0.1, 0.15) is 23.6 Å². The van der Waals surface area contributed by atoms with Gasteiger partial charge in [-0.1, -0.05) is 24.3 Å². The Labute approximate surface area is 139 Å². The van der Waals surface area contributed by atoms with Crippen molar-refractivity contribution in [2.45, 2.75) is 12.5 Å². The van der Waals surface area contributed by atoms with Crippen LogP contribution in [0.15, 0.2) is 48.5 Å². The minimum Gasteiger partial charge on any atom is -0.494 e. The standard InChI is InChI=1S/C19H18FNO3/c1-23-18-8-6-13(12-15(18)20)7-9-19(22)21-16-10-11-24-17-5-3-2-4-14(16)17/h2-9,12,16H,10-11H2,1H3,(H,21,22)/b9-7+. The van der Waals surface area contributed by atoms with Gasteiger partial charge in [-0.15, -0.1) is 0 Å². The zero-order chi connectivity index (χ0) is 16.9. The van der Waals surface area contributed by atoms with Crippen molar-refractivity contribution < 1.29 is 18.7 Å². The normalized spacial score (nSPS) is 16.3. The van der Waals surface area contributed by atoms with E-state index in [4.69, 9.17) is 9.47 Å². The number of ether oxygens (including phenoxy) is 2. The molecular weight excluding hydrogens is 309 g/mol. The predicted octanol–water partition coefficient (Wildman–Crippen LogP) is 3.49. The van der Waals surface area contributed by atoms with E-state index in [-0.39, 0.29) is 17.7 Å². The van der Waals surface area contributed by atoms with Crippen LogP contribution in [0.5, 0.6) is 11.5 Å². The molecule has 0 saturated carbocycles. The fourth-order valence-electron chi connectivity index (χ4n) is 2.67. The average molecular weight is 327 g/mol. The molecule has 0 bridgehead atoms. The van der Waals surface area contributed by atoms with Crippen molar-refractivity contribution in [1.82, 2.24) is 5.32 Å². The third-order valence-electron chi connectivity index (χ3n) is 3.88. The molecule has 1 atom stereocenters. The smallest absolute Gasteiger partial charge is 0.244 e. The molecule has 4 nitrogen and oxygen atoms in total. The van der Waals surface area contributed by atoms with Crippen molar-refractivity contribution >= 4 is 12.0 Å². The molecule has 2 aromatic carbocycles. The third-order valence-corrected chi connectivity index (χ3v) is 3.88. The molecule has 0 radical (unpaired) electrons. The molecule has 3 rings (SSSR count). The van der Waals surface area contributed by atoms with E-state index >= 15 is 0 Å². The van der Waals surface area contributed by atoms with Gasteiger partial charge in [-0.25, -0.2) is 4.39 Å². The second kappa shape index (κ2) is 7.17. The summed E-state index contributed by atoms with van der Waals surface area (Å²) in [5.74, 6) is 0.289. The number of rotatable bonds is 4. The quantitative estimate of drug-likeness (QED) is 0.875. The molecule has 0 spiro atoms. The second-order valence-electron chi connectivity index (χ2n) is 5.46. The lowest BCUT2D eigenvalue weighted by molar-refractivity contribution is -0.117. The topological polar surface area (TPSA) is 47.6 Å². The van der Waals surface area contributed by atoms with Crippen LogP contribution in [0.4, 0.5) is 4.39 Å². The van der Waals surface area contributed by atoms with E-state index in [1.165, 1.54) is 25.3 Å². The maximum absolute atomic E-state index is 13.6. The van der Waals surface area contributed by atoms with E-state index < -0.39 is 5.82 Å². The maximum atomic E-state index is 13.6. The molecule has 5 heteroatoms. The number of halogens is 1. The predicted molar refractivity (Wildman–Crippen MR) is 89.4 cm³/mol. The summed E-state index contributed by atoms with van der Waals surface area (Å²) in [6.07, 6.45) is 3.69. The first-order valence-corrected chi connectivity index (χ1v) is 7.71. The molecule has 1 amide bonds. The van der Waals surface area contributed by atoms with Gasteiger partial charge in [0.25, 0.3) is 0 Å². The molecule has 0 saturated heterocycles. The van der Waals surface area contributed by atoms with Crippen molar-refractivity contribution in [3.63, 3.8) is 0 Å². The van der Waals surface area contributed by atoms with Crippen LogP contribution in [-0.2, 0) is 4.79 Å². The summed E-state index contributed by atoms with van der Waals surface area (Å²) < 4.78 is 24.1. The molecule has 0 aliphatic carbocycles. The Hall–Kier alpha value is -2.82. The Bertz CT molecular complexity index is 773. The number of nitrogens with one attached hydrogen (secondary N) is 1. The lowest BCUT2D eigenvalue weighted by Crippen LogP contribution is -2.30. The third kappa shape index (κ3) is 3.56. The summed E-state index contributed by atoms with van der Waals surface area (Å²) in [5, 5.41) is 2.96. The maximum Gasteiger partial charge on any atom is 0.244 e. The molecule has 1 aliphatic rings.